The first-order valence-electron chi connectivity index (χ1n) is 9.11. The highest BCUT2D eigenvalue weighted by molar-refractivity contribution is 6.34. The molecule has 144 valence electrons. The fourth-order valence-corrected chi connectivity index (χ4v) is 3.46. The number of carbonyl (C=O) groups is 1. The Morgan fingerprint density at radius 2 is 2.04 bits per heavy atom. The monoisotopic (exact) mass is 388 g/mol. The Labute approximate surface area is 164 Å². The van der Waals surface area contributed by atoms with E-state index in [1.807, 2.05) is 26.0 Å². The number of pyridine rings is 1. The van der Waals surface area contributed by atoms with Crippen molar-refractivity contribution in [2.45, 2.75) is 13.8 Å². The maximum Gasteiger partial charge on any atom is 0.255 e. The lowest BCUT2D eigenvalue weighted by Crippen LogP contribution is -2.39. The van der Waals surface area contributed by atoms with Gasteiger partial charge in [-0.1, -0.05) is 17.7 Å². The van der Waals surface area contributed by atoms with Gasteiger partial charge >= 0.3 is 0 Å². The summed E-state index contributed by atoms with van der Waals surface area (Å²) in [5.41, 5.74) is 3.18. The van der Waals surface area contributed by atoms with Crippen LogP contribution in [0.1, 0.15) is 21.5 Å². The second kappa shape index (κ2) is 9.17. The summed E-state index contributed by atoms with van der Waals surface area (Å²) in [5.74, 6) is 0.477. The van der Waals surface area contributed by atoms with Crippen LogP contribution < -0.4 is 10.6 Å². The van der Waals surface area contributed by atoms with E-state index in [-0.39, 0.29) is 5.91 Å². The Balaban J connectivity index is 1.60. The van der Waals surface area contributed by atoms with E-state index in [0.717, 1.165) is 50.5 Å². The molecule has 1 saturated heterocycles. The van der Waals surface area contributed by atoms with Gasteiger partial charge in [0.25, 0.3) is 5.91 Å². The maximum atomic E-state index is 12.6. The number of rotatable bonds is 6. The fourth-order valence-electron chi connectivity index (χ4n) is 3.10. The van der Waals surface area contributed by atoms with Gasteiger partial charge in [-0.2, -0.15) is 0 Å². The predicted molar refractivity (Wildman–Crippen MR) is 109 cm³/mol. The molecule has 7 heteroatoms. The SMILES string of the molecule is Cc1cc(C)c(NC(=O)c2ccnc(NCCN3CCOCC3)c2)c(Cl)c1. The van der Waals surface area contributed by atoms with E-state index in [1.165, 1.54) is 0 Å². The lowest BCUT2D eigenvalue weighted by molar-refractivity contribution is 0.0398. The third-order valence-electron chi connectivity index (χ3n) is 4.53. The first kappa shape index (κ1) is 19.6. The van der Waals surface area contributed by atoms with Crippen molar-refractivity contribution in [2.24, 2.45) is 0 Å². The average molecular weight is 389 g/mol. The van der Waals surface area contributed by atoms with Gasteiger partial charge in [0, 0.05) is 37.9 Å². The number of hydrogen-bond acceptors (Lipinski definition) is 5. The van der Waals surface area contributed by atoms with Crippen LogP contribution >= 0.6 is 11.6 Å². The van der Waals surface area contributed by atoms with E-state index in [0.29, 0.717) is 22.1 Å². The predicted octanol–water partition coefficient (Wildman–Crippen LogP) is 3.35. The molecule has 6 nitrogen and oxygen atoms in total. The van der Waals surface area contributed by atoms with Gasteiger partial charge < -0.3 is 15.4 Å². The summed E-state index contributed by atoms with van der Waals surface area (Å²) in [6.07, 6.45) is 1.63. The quantitative estimate of drug-likeness (QED) is 0.794. The van der Waals surface area contributed by atoms with E-state index in [9.17, 15) is 4.79 Å². The number of anilines is 2. The molecule has 0 unspecified atom stereocenters. The standard InChI is InChI=1S/C20H25ClN4O2/c1-14-11-15(2)19(17(21)12-14)24-20(26)16-3-4-22-18(13-16)23-5-6-25-7-9-27-10-8-25/h3-4,11-13H,5-10H2,1-2H3,(H,22,23)(H,24,26). The van der Waals surface area contributed by atoms with Crippen molar-refractivity contribution >= 4 is 29.0 Å². The Bertz CT molecular complexity index is 783. The molecule has 2 heterocycles. The van der Waals surface area contributed by atoms with Crippen LogP contribution in [0.25, 0.3) is 0 Å². The molecule has 1 aliphatic heterocycles. The molecule has 0 radical (unpaired) electrons. The number of amides is 1. The molecule has 3 rings (SSSR count). The fraction of sp³-hybridized carbons (Fsp3) is 0.400. The van der Waals surface area contributed by atoms with E-state index in [4.69, 9.17) is 16.3 Å². The maximum absolute atomic E-state index is 12.6. The van der Waals surface area contributed by atoms with Crippen molar-refractivity contribution in [1.29, 1.82) is 0 Å². The van der Waals surface area contributed by atoms with Crippen molar-refractivity contribution < 1.29 is 9.53 Å². The molecule has 1 amide bonds. The summed E-state index contributed by atoms with van der Waals surface area (Å²) >= 11 is 6.29. The van der Waals surface area contributed by atoms with Gasteiger partial charge in [0.2, 0.25) is 0 Å². The molecule has 2 N–H and O–H groups in total. The first-order chi connectivity index (χ1) is 13.0. The molecule has 0 saturated carbocycles. The van der Waals surface area contributed by atoms with Crippen LogP contribution in [-0.4, -0.2) is 55.2 Å². The Morgan fingerprint density at radius 1 is 1.26 bits per heavy atom. The normalized spacial score (nSPS) is 14.8. The first-order valence-corrected chi connectivity index (χ1v) is 9.49. The summed E-state index contributed by atoms with van der Waals surface area (Å²) in [5, 5.41) is 6.73. The van der Waals surface area contributed by atoms with Crippen molar-refractivity contribution in [1.82, 2.24) is 9.88 Å². The molecule has 1 aromatic carbocycles. The number of carbonyl (C=O) groups excluding carboxylic acids is 1. The number of nitrogens with zero attached hydrogens (tertiary/aromatic N) is 2. The third kappa shape index (κ3) is 5.42. The van der Waals surface area contributed by atoms with E-state index < -0.39 is 0 Å². The molecule has 0 bridgehead atoms. The van der Waals surface area contributed by atoms with Crippen LogP contribution in [0.3, 0.4) is 0 Å². The highest BCUT2D eigenvalue weighted by atomic mass is 35.5. The van der Waals surface area contributed by atoms with Gasteiger partial charge in [0.15, 0.2) is 0 Å². The van der Waals surface area contributed by atoms with Gasteiger partial charge in [0.1, 0.15) is 5.82 Å². The summed E-state index contributed by atoms with van der Waals surface area (Å²) in [6.45, 7) is 9.06. The van der Waals surface area contributed by atoms with Crippen LogP contribution in [0.5, 0.6) is 0 Å². The largest absolute Gasteiger partial charge is 0.379 e. The molecular weight excluding hydrogens is 364 g/mol. The lowest BCUT2D eigenvalue weighted by Gasteiger charge is -2.26. The summed E-state index contributed by atoms with van der Waals surface area (Å²) < 4.78 is 5.35. The molecule has 0 atom stereocenters. The van der Waals surface area contributed by atoms with E-state index >= 15 is 0 Å². The Morgan fingerprint density at radius 3 is 2.78 bits per heavy atom. The minimum absolute atomic E-state index is 0.206. The zero-order chi connectivity index (χ0) is 19.2. The topological polar surface area (TPSA) is 66.5 Å². The van der Waals surface area contributed by atoms with Gasteiger partial charge in [0.05, 0.1) is 23.9 Å². The summed E-state index contributed by atoms with van der Waals surface area (Å²) in [7, 11) is 0. The number of halogens is 1. The summed E-state index contributed by atoms with van der Waals surface area (Å²) in [4.78, 5) is 19.3. The number of nitrogens with one attached hydrogen (secondary N) is 2. The van der Waals surface area contributed by atoms with Crippen molar-refractivity contribution in [3.05, 3.63) is 52.2 Å². The van der Waals surface area contributed by atoms with Crippen LogP contribution in [0, 0.1) is 13.8 Å². The number of morpholine rings is 1. The number of hydrogen-bond donors (Lipinski definition) is 2. The molecule has 0 spiro atoms. The molecule has 1 aromatic heterocycles. The Hall–Kier alpha value is -2.15. The molecule has 1 aliphatic rings. The zero-order valence-corrected chi connectivity index (χ0v) is 16.5. The number of benzene rings is 1. The third-order valence-corrected chi connectivity index (χ3v) is 4.83. The van der Waals surface area contributed by atoms with Gasteiger partial charge in [-0.3, -0.25) is 9.69 Å². The highest BCUT2D eigenvalue weighted by Crippen LogP contribution is 2.27. The lowest BCUT2D eigenvalue weighted by atomic mass is 10.1. The second-order valence-corrected chi connectivity index (χ2v) is 7.11. The Kier molecular flexibility index (Phi) is 6.66. The van der Waals surface area contributed by atoms with Crippen molar-refractivity contribution in [3.8, 4) is 0 Å². The zero-order valence-electron chi connectivity index (χ0n) is 15.7. The van der Waals surface area contributed by atoms with Crippen molar-refractivity contribution in [2.75, 3.05) is 50.0 Å². The van der Waals surface area contributed by atoms with Crippen LogP contribution in [0.15, 0.2) is 30.5 Å². The van der Waals surface area contributed by atoms with Crippen LogP contribution in [-0.2, 0) is 4.74 Å². The van der Waals surface area contributed by atoms with E-state index in [2.05, 4.69) is 20.5 Å². The van der Waals surface area contributed by atoms with Gasteiger partial charge in [-0.25, -0.2) is 4.98 Å². The second-order valence-electron chi connectivity index (χ2n) is 6.70. The highest BCUT2D eigenvalue weighted by Gasteiger charge is 2.13. The van der Waals surface area contributed by atoms with E-state index in [1.54, 1.807) is 18.3 Å². The molecule has 1 fully saturated rings. The molecule has 27 heavy (non-hydrogen) atoms. The smallest absolute Gasteiger partial charge is 0.255 e. The minimum Gasteiger partial charge on any atom is -0.379 e. The van der Waals surface area contributed by atoms with Crippen molar-refractivity contribution in [3.63, 3.8) is 0 Å². The minimum atomic E-state index is -0.206. The summed E-state index contributed by atoms with van der Waals surface area (Å²) in [6, 6.07) is 7.29. The molecular formula is C20H25ClN4O2. The number of aromatic nitrogens is 1. The molecule has 0 aliphatic carbocycles. The van der Waals surface area contributed by atoms with Crippen LogP contribution in [0.2, 0.25) is 5.02 Å². The number of ether oxygens (including phenoxy) is 1. The number of aryl methyl sites for hydroxylation is 2. The van der Waals surface area contributed by atoms with Gasteiger partial charge in [-0.15, -0.1) is 0 Å². The van der Waals surface area contributed by atoms with Crippen LogP contribution in [0.4, 0.5) is 11.5 Å². The average Bonchev–Trinajstić information content (AvgIpc) is 2.65. The van der Waals surface area contributed by atoms with Gasteiger partial charge in [-0.05, 0) is 43.2 Å². The molecule has 2 aromatic rings.